The summed E-state index contributed by atoms with van der Waals surface area (Å²) >= 11 is 0. The third kappa shape index (κ3) is 4.14. The van der Waals surface area contributed by atoms with Gasteiger partial charge in [0.1, 0.15) is 5.82 Å². The van der Waals surface area contributed by atoms with Gasteiger partial charge in [0, 0.05) is 18.3 Å². The quantitative estimate of drug-likeness (QED) is 0.606. The number of nitrogens with one attached hydrogen (secondary N) is 2. The fraction of sp³-hybridized carbons (Fsp3) is 0.706. The van der Waals surface area contributed by atoms with Crippen LogP contribution in [0.25, 0.3) is 0 Å². The zero-order valence-corrected chi connectivity index (χ0v) is 14.2. The minimum atomic E-state index is -0.518. The van der Waals surface area contributed by atoms with Crippen molar-refractivity contribution in [3.63, 3.8) is 0 Å². The lowest BCUT2D eigenvalue weighted by Crippen LogP contribution is -2.30. The van der Waals surface area contributed by atoms with Gasteiger partial charge in [-0.3, -0.25) is 4.79 Å². The van der Waals surface area contributed by atoms with Gasteiger partial charge in [-0.1, -0.05) is 6.92 Å². The van der Waals surface area contributed by atoms with Crippen molar-refractivity contribution < 1.29 is 9.90 Å². The second-order valence-corrected chi connectivity index (χ2v) is 6.97. The number of aliphatic hydroxyl groups is 1. The third-order valence-electron chi connectivity index (χ3n) is 5.04. The van der Waals surface area contributed by atoms with Crippen LogP contribution in [0.4, 0.5) is 11.8 Å². The van der Waals surface area contributed by atoms with Crippen LogP contribution >= 0.6 is 0 Å². The molecule has 0 unspecified atom stereocenters. The van der Waals surface area contributed by atoms with Gasteiger partial charge < -0.3 is 21.5 Å². The monoisotopic (exact) mass is 333 g/mol. The summed E-state index contributed by atoms with van der Waals surface area (Å²) in [5, 5.41) is 16.3. The fourth-order valence-electron chi connectivity index (χ4n) is 3.37. The third-order valence-corrected chi connectivity index (χ3v) is 5.04. The van der Waals surface area contributed by atoms with Crippen LogP contribution in [0.5, 0.6) is 0 Å². The molecule has 2 saturated carbocycles. The highest BCUT2D eigenvalue weighted by Crippen LogP contribution is 2.35. The van der Waals surface area contributed by atoms with Crippen LogP contribution in [-0.4, -0.2) is 39.2 Å². The van der Waals surface area contributed by atoms with Crippen molar-refractivity contribution >= 4 is 17.7 Å². The maximum Gasteiger partial charge on any atom is 0.254 e. The van der Waals surface area contributed by atoms with E-state index in [1.807, 2.05) is 0 Å². The lowest BCUT2D eigenvalue weighted by Gasteiger charge is -2.26. The summed E-state index contributed by atoms with van der Waals surface area (Å²) in [6, 6.07) is 0.571. The first kappa shape index (κ1) is 17.0. The topological polar surface area (TPSA) is 113 Å². The van der Waals surface area contributed by atoms with Crippen molar-refractivity contribution in [2.45, 2.75) is 70.1 Å². The summed E-state index contributed by atoms with van der Waals surface area (Å²) in [5.41, 5.74) is 5.80. The van der Waals surface area contributed by atoms with Crippen molar-refractivity contribution in [3.05, 3.63) is 11.8 Å². The molecule has 1 amide bonds. The van der Waals surface area contributed by atoms with Gasteiger partial charge >= 0.3 is 0 Å². The van der Waals surface area contributed by atoms with E-state index >= 15 is 0 Å². The second kappa shape index (κ2) is 7.34. The van der Waals surface area contributed by atoms with E-state index in [1.54, 1.807) is 0 Å². The maximum absolute atomic E-state index is 11.7. The summed E-state index contributed by atoms with van der Waals surface area (Å²) < 4.78 is 0. The Bertz CT molecular complexity index is 582. The number of primary amides is 1. The highest BCUT2D eigenvalue weighted by atomic mass is 16.3. The van der Waals surface area contributed by atoms with Crippen molar-refractivity contribution in [3.8, 4) is 0 Å². The van der Waals surface area contributed by atoms with Crippen LogP contribution in [-0.2, 0) is 0 Å². The molecule has 1 aromatic rings. The zero-order chi connectivity index (χ0) is 17.1. The molecule has 0 radical (unpaired) electrons. The van der Waals surface area contributed by atoms with Gasteiger partial charge in [0.15, 0.2) is 0 Å². The molecule has 2 fully saturated rings. The molecule has 132 valence electrons. The van der Waals surface area contributed by atoms with Crippen LogP contribution in [0.3, 0.4) is 0 Å². The Balaban J connectivity index is 1.73. The summed E-state index contributed by atoms with van der Waals surface area (Å²) in [7, 11) is 0. The molecule has 0 bridgehead atoms. The zero-order valence-electron chi connectivity index (χ0n) is 14.2. The molecule has 1 heterocycles. The number of nitrogens with two attached hydrogens (primary N) is 1. The molecule has 0 aliphatic heterocycles. The first-order chi connectivity index (χ1) is 11.6. The smallest absolute Gasteiger partial charge is 0.254 e. The minimum absolute atomic E-state index is 0.192. The summed E-state index contributed by atoms with van der Waals surface area (Å²) in [5.74, 6) is 1.17. The number of aromatic nitrogens is 2. The van der Waals surface area contributed by atoms with Crippen LogP contribution in [0.2, 0.25) is 0 Å². The maximum atomic E-state index is 11.7. The number of anilines is 2. The molecule has 0 saturated heterocycles. The molecule has 1 aromatic heterocycles. The van der Waals surface area contributed by atoms with Gasteiger partial charge in [-0.15, -0.1) is 0 Å². The molecule has 0 spiro atoms. The van der Waals surface area contributed by atoms with Crippen molar-refractivity contribution in [2.24, 2.45) is 11.7 Å². The molecule has 7 nitrogen and oxygen atoms in total. The largest absolute Gasteiger partial charge is 0.393 e. The number of carbonyl (C=O) groups excluding carboxylic acids is 1. The number of carbonyl (C=O) groups is 1. The summed E-state index contributed by atoms with van der Waals surface area (Å²) in [6.45, 7) is 2.13. The van der Waals surface area contributed by atoms with E-state index in [9.17, 15) is 9.90 Å². The molecule has 2 aliphatic rings. The van der Waals surface area contributed by atoms with Crippen LogP contribution in [0.1, 0.15) is 62.2 Å². The number of aliphatic hydroxyl groups excluding tert-OH is 1. The molecular formula is C17H27N5O2. The first-order valence-corrected chi connectivity index (χ1v) is 8.94. The standard InChI is InChI=1S/C17H27N5O2/c1-2-14(10-3-4-10)21-16-13(15(18)24)9-19-17(22-16)20-11-5-7-12(23)8-6-11/h9-12,14,23H,2-8H2,1H3,(H2,18,24)(H2,19,20,21,22)/t11-,12-,14-/m0/s1. The van der Waals surface area contributed by atoms with E-state index in [0.29, 0.717) is 29.3 Å². The molecule has 5 N–H and O–H groups in total. The highest BCUT2D eigenvalue weighted by Gasteiger charge is 2.31. The fourth-order valence-corrected chi connectivity index (χ4v) is 3.37. The normalized spacial score (nSPS) is 25.1. The lowest BCUT2D eigenvalue weighted by atomic mass is 9.93. The number of hydrogen-bond acceptors (Lipinski definition) is 6. The van der Waals surface area contributed by atoms with Crippen LogP contribution in [0, 0.1) is 5.92 Å². The van der Waals surface area contributed by atoms with Crippen LogP contribution < -0.4 is 16.4 Å². The summed E-state index contributed by atoms with van der Waals surface area (Å²) in [6.07, 6.45) is 8.10. The van der Waals surface area contributed by atoms with E-state index in [-0.39, 0.29) is 12.1 Å². The van der Waals surface area contributed by atoms with Crippen molar-refractivity contribution in [1.82, 2.24) is 9.97 Å². The van der Waals surface area contributed by atoms with E-state index in [2.05, 4.69) is 27.5 Å². The predicted molar refractivity (Wildman–Crippen MR) is 92.9 cm³/mol. The van der Waals surface area contributed by atoms with Gasteiger partial charge in [-0.2, -0.15) is 4.98 Å². The summed E-state index contributed by atoms with van der Waals surface area (Å²) in [4.78, 5) is 20.4. The predicted octanol–water partition coefficient (Wildman–Crippen LogP) is 1.89. The van der Waals surface area contributed by atoms with Gasteiger partial charge in [0.25, 0.3) is 5.91 Å². The SMILES string of the molecule is CC[C@H](Nc1nc(N[C@H]2CC[C@H](O)CC2)ncc1C(N)=O)C1CC1. The molecule has 3 rings (SSSR count). The number of nitrogens with zero attached hydrogens (tertiary/aromatic N) is 2. The number of amides is 1. The number of hydrogen-bond donors (Lipinski definition) is 4. The molecule has 2 aliphatic carbocycles. The Hall–Kier alpha value is -1.89. The van der Waals surface area contributed by atoms with Gasteiger partial charge in [-0.05, 0) is 50.9 Å². The Labute approximate surface area is 142 Å². The molecule has 24 heavy (non-hydrogen) atoms. The Morgan fingerprint density at radius 2 is 2.04 bits per heavy atom. The minimum Gasteiger partial charge on any atom is -0.393 e. The Morgan fingerprint density at radius 1 is 1.33 bits per heavy atom. The average Bonchev–Trinajstić information content (AvgIpc) is 3.39. The second-order valence-electron chi connectivity index (χ2n) is 6.97. The van der Waals surface area contributed by atoms with E-state index in [1.165, 1.54) is 19.0 Å². The van der Waals surface area contributed by atoms with Crippen molar-refractivity contribution in [2.75, 3.05) is 10.6 Å². The van der Waals surface area contributed by atoms with Gasteiger partial charge in [0.2, 0.25) is 5.95 Å². The molecule has 0 aromatic carbocycles. The van der Waals surface area contributed by atoms with E-state index in [4.69, 9.17) is 5.73 Å². The van der Waals surface area contributed by atoms with Crippen LogP contribution in [0.15, 0.2) is 6.20 Å². The Kier molecular flexibility index (Phi) is 5.18. The Morgan fingerprint density at radius 3 is 2.62 bits per heavy atom. The molecule has 1 atom stereocenters. The lowest BCUT2D eigenvalue weighted by molar-refractivity contribution is 0.1000. The van der Waals surface area contributed by atoms with Gasteiger partial charge in [-0.25, -0.2) is 4.98 Å². The van der Waals surface area contributed by atoms with Gasteiger partial charge in [0.05, 0.1) is 11.7 Å². The van der Waals surface area contributed by atoms with E-state index in [0.717, 1.165) is 32.1 Å². The average molecular weight is 333 g/mol. The molecular weight excluding hydrogens is 306 g/mol. The molecule has 7 heteroatoms. The number of rotatable bonds is 7. The van der Waals surface area contributed by atoms with Crippen molar-refractivity contribution in [1.29, 1.82) is 0 Å². The highest BCUT2D eigenvalue weighted by molar-refractivity contribution is 5.97. The van der Waals surface area contributed by atoms with E-state index < -0.39 is 5.91 Å². The first-order valence-electron chi connectivity index (χ1n) is 8.94.